The Morgan fingerprint density at radius 3 is 2.06 bits per heavy atom. The number of nitrogens with zero attached hydrogens (tertiary/aromatic N) is 3. The van der Waals surface area contributed by atoms with Gasteiger partial charge in [0.15, 0.2) is 0 Å². The minimum Gasteiger partial charge on any atom is -0.357 e. The second-order valence-electron chi connectivity index (χ2n) is 7.34. The highest BCUT2D eigenvalue weighted by atomic mass is 15.2. The maximum Gasteiger partial charge on any atom is 0.129 e. The number of hydrogen-bond donors (Lipinski definition) is 0. The summed E-state index contributed by atoms with van der Waals surface area (Å²) in [6.07, 6.45) is 11.1. The lowest BCUT2D eigenvalue weighted by Crippen LogP contribution is -2.25. The van der Waals surface area contributed by atoms with E-state index in [-0.39, 0.29) is 0 Å². The van der Waals surface area contributed by atoms with Gasteiger partial charge in [0, 0.05) is 36.7 Å². The van der Waals surface area contributed by atoms with Gasteiger partial charge < -0.3 is 4.90 Å². The third-order valence-electron chi connectivity index (χ3n) is 4.69. The molecule has 0 unspecified atom stereocenters. The molecule has 0 aromatic carbocycles. The second-order valence-corrected chi connectivity index (χ2v) is 7.34. The molecule has 0 atom stereocenters. The second kappa shape index (κ2) is 16.9. The summed E-state index contributed by atoms with van der Waals surface area (Å²) in [5.41, 5.74) is 6.28. The minimum atomic E-state index is 0.966. The zero-order chi connectivity index (χ0) is 24.5. The lowest BCUT2D eigenvalue weighted by Gasteiger charge is -2.23. The molecule has 176 valence electrons. The Morgan fingerprint density at radius 2 is 1.56 bits per heavy atom. The molecule has 0 radical (unpaired) electrons. The number of allylic oxidation sites excluding steroid dienone is 3. The van der Waals surface area contributed by atoms with Crippen LogP contribution >= 0.6 is 0 Å². The average molecular weight is 436 g/mol. The summed E-state index contributed by atoms with van der Waals surface area (Å²) in [4.78, 5) is 11.5. The maximum absolute atomic E-state index is 4.61. The Bertz CT molecular complexity index is 843. The van der Waals surface area contributed by atoms with Crippen LogP contribution in [-0.2, 0) is 0 Å². The van der Waals surface area contributed by atoms with Gasteiger partial charge in [0.1, 0.15) is 5.82 Å². The van der Waals surface area contributed by atoms with Crippen molar-refractivity contribution in [2.24, 2.45) is 0 Å². The van der Waals surface area contributed by atoms with Gasteiger partial charge in [-0.15, -0.1) is 0 Å². The topological polar surface area (TPSA) is 29.0 Å². The van der Waals surface area contributed by atoms with Crippen molar-refractivity contribution in [3.63, 3.8) is 0 Å². The molecule has 2 rings (SSSR count). The summed E-state index contributed by atoms with van der Waals surface area (Å²) in [5, 5.41) is 0. The van der Waals surface area contributed by atoms with Crippen molar-refractivity contribution in [2.75, 3.05) is 18.0 Å². The summed E-state index contributed by atoms with van der Waals surface area (Å²) < 4.78 is 0. The molecule has 0 amide bonds. The van der Waals surface area contributed by atoms with Gasteiger partial charge in [-0.1, -0.05) is 73.3 Å². The van der Waals surface area contributed by atoms with Crippen molar-refractivity contribution < 1.29 is 0 Å². The molecule has 0 spiro atoms. The van der Waals surface area contributed by atoms with Crippen molar-refractivity contribution >= 4 is 17.0 Å². The third-order valence-corrected chi connectivity index (χ3v) is 4.69. The first-order valence-electron chi connectivity index (χ1n) is 12.1. The molecular weight excluding hydrogens is 390 g/mol. The van der Waals surface area contributed by atoms with Crippen molar-refractivity contribution in [2.45, 2.75) is 74.7 Å². The summed E-state index contributed by atoms with van der Waals surface area (Å²) in [7, 11) is 0. The Labute approximate surface area is 198 Å². The number of aryl methyl sites for hydroxylation is 1. The van der Waals surface area contributed by atoms with E-state index in [0.717, 1.165) is 65.3 Å². The quantitative estimate of drug-likeness (QED) is 0.370. The van der Waals surface area contributed by atoms with Crippen LogP contribution in [0.5, 0.6) is 0 Å². The Morgan fingerprint density at radius 1 is 1.00 bits per heavy atom. The number of anilines is 1. The molecule has 3 nitrogen and oxygen atoms in total. The van der Waals surface area contributed by atoms with E-state index in [9.17, 15) is 0 Å². The molecule has 0 saturated heterocycles. The summed E-state index contributed by atoms with van der Waals surface area (Å²) >= 11 is 0. The van der Waals surface area contributed by atoms with Gasteiger partial charge in [-0.05, 0) is 67.2 Å². The van der Waals surface area contributed by atoms with E-state index in [1.807, 2.05) is 58.3 Å². The fourth-order valence-electron chi connectivity index (χ4n) is 3.38. The Balaban J connectivity index is 0.00000177. The first kappa shape index (κ1) is 29.3. The molecule has 2 aromatic rings. The molecule has 2 heterocycles. The van der Waals surface area contributed by atoms with E-state index in [2.05, 4.69) is 67.9 Å². The SMILES string of the molecule is C=C/C(=C\C)c1ccnc(C)c1C(=C)c1ccnc(N(CCC)CCC)c1.CC.CCC. The lowest BCUT2D eigenvalue weighted by molar-refractivity contribution is 0.734. The van der Waals surface area contributed by atoms with Crippen LogP contribution in [0.4, 0.5) is 5.82 Å². The van der Waals surface area contributed by atoms with E-state index >= 15 is 0 Å². The fraction of sp³-hybridized carbons (Fsp3) is 0.448. The molecule has 0 aliphatic heterocycles. The van der Waals surface area contributed by atoms with Gasteiger partial charge in [-0.3, -0.25) is 4.98 Å². The minimum absolute atomic E-state index is 0.966. The van der Waals surface area contributed by atoms with Gasteiger partial charge in [-0.2, -0.15) is 0 Å². The molecular formula is C29H45N3. The van der Waals surface area contributed by atoms with Crippen LogP contribution in [0.3, 0.4) is 0 Å². The smallest absolute Gasteiger partial charge is 0.129 e. The normalized spacial score (nSPS) is 10.3. The Hall–Kier alpha value is -2.68. The van der Waals surface area contributed by atoms with Crippen molar-refractivity contribution in [1.29, 1.82) is 0 Å². The standard InChI is InChI=1S/C24H31N3.C3H8.C2H6/c1-7-15-27(16-8-2)23-17-21(11-13-26-23)18(5)24-19(6)25-14-12-22(24)20(9-3)10-4;1-3-2;1-2/h9-14,17H,3,5,7-8,15-16H2,1-2,4,6H3;3H2,1-2H3;1-2H3/b20-10+;;. The van der Waals surface area contributed by atoms with E-state index < -0.39 is 0 Å². The highest BCUT2D eigenvalue weighted by Gasteiger charge is 2.15. The van der Waals surface area contributed by atoms with Crippen LogP contribution in [0, 0.1) is 6.92 Å². The molecule has 3 heteroatoms. The molecule has 0 saturated carbocycles. The van der Waals surface area contributed by atoms with Crippen molar-refractivity contribution in [3.05, 3.63) is 78.3 Å². The number of hydrogen-bond acceptors (Lipinski definition) is 3. The van der Waals surface area contributed by atoms with Crippen molar-refractivity contribution in [1.82, 2.24) is 9.97 Å². The van der Waals surface area contributed by atoms with Crippen LogP contribution < -0.4 is 4.90 Å². The summed E-state index contributed by atoms with van der Waals surface area (Å²) in [6.45, 7) is 27.1. The molecule has 2 aromatic heterocycles. The molecule has 0 aliphatic rings. The predicted molar refractivity (Wildman–Crippen MR) is 145 cm³/mol. The average Bonchev–Trinajstić information content (AvgIpc) is 2.81. The van der Waals surface area contributed by atoms with E-state index in [1.54, 1.807) is 0 Å². The first-order valence-corrected chi connectivity index (χ1v) is 12.1. The Kier molecular flexibility index (Phi) is 15.5. The van der Waals surface area contributed by atoms with Crippen LogP contribution in [0.1, 0.15) is 90.1 Å². The van der Waals surface area contributed by atoms with Gasteiger partial charge >= 0.3 is 0 Å². The number of rotatable bonds is 9. The molecule has 0 aliphatic carbocycles. The number of pyridine rings is 2. The van der Waals surface area contributed by atoms with Gasteiger partial charge in [-0.25, -0.2) is 4.98 Å². The van der Waals surface area contributed by atoms with Gasteiger partial charge in [0.25, 0.3) is 0 Å². The number of aromatic nitrogens is 2. The zero-order valence-corrected chi connectivity index (χ0v) is 21.8. The maximum atomic E-state index is 4.61. The lowest BCUT2D eigenvalue weighted by atomic mass is 9.91. The van der Waals surface area contributed by atoms with Crippen LogP contribution in [-0.4, -0.2) is 23.1 Å². The zero-order valence-electron chi connectivity index (χ0n) is 21.8. The van der Waals surface area contributed by atoms with E-state index in [0.29, 0.717) is 0 Å². The van der Waals surface area contributed by atoms with Gasteiger partial charge in [0.05, 0.1) is 0 Å². The first-order chi connectivity index (χ1) is 15.5. The van der Waals surface area contributed by atoms with E-state index in [1.165, 1.54) is 6.42 Å². The van der Waals surface area contributed by atoms with E-state index in [4.69, 9.17) is 0 Å². The fourth-order valence-corrected chi connectivity index (χ4v) is 3.38. The molecule has 0 fully saturated rings. The summed E-state index contributed by atoms with van der Waals surface area (Å²) in [5.74, 6) is 1.01. The highest BCUT2D eigenvalue weighted by Crippen LogP contribution is 2.32. The molecule has 32 heavy (non-hydrogen) atoms. The van der Waals surface area contributed by atoms with Crippen LogP contribution in [0.25, 0.3) is 11.1 Å². The monoisotopic (exact) mass is 435 g/mol. The summed E-state index contributed by atoms with van der Waals surface area (Å²) in [6, 6.07) is 6.21. The third kappa shape index (κ3) is 8.45. The van der Waals surface area contributed by atoms with Crippen molar-refractivity contribution in [3.8, 4) is 0 Å². The molecule has 0 bridgehead atoms. The largest absolute Gasteiger partial charge is 0.357 e. The predicted octanol–water partition coefficient (Wildman–Crippen LogP) is 8.50. The van der Waals surface area contributed by atoms with Crippen LogP contribution in [0.15, 0.2) is 55.9 Å². The highest BCUT2D eigenvalue weighted by molar-refractivity contribution is 5.89. The van der Waals surface area contributed by atoms with Crippen LogP contribution in [0.2, 0.25) is 0 Å². The van der Waals surface area contributed by atoms with Gasteiger partial charge in [0.2, 0.25) is 0 Å². The molecule has 0 N–H and O–H groups in total.